The number of benzene rings is 1. The van der Waals surface area contributed by atoms with E-state index in [4.69, 9.17) is 14.2 Å². The Morgan fingerprint density at radius 2 is 1.61 bits per heavy atom. The van der Waals surface area contributed by atoms with E-state index >= 15 is 0 Å². The molecule has 0 unspecified atom stereocenters. The van der Waals surface area contributed by atoms with Crippen LogP contribution in [0.1, 0.15) is 12.5 Å². The summed E-state index contributed by atoms with van der Waals surface area (Å²) in [5, 5.41) is 0. The van der Waals surface area contributed by atoms with Gasteiger partial charge < -0.3 is 23.7 Å². The van der Waals surface area contributed by atoms with Crippen LogP contribution < -0.4 is 9.47 Å². The Balaban J connectivity index is 3.03. The summed E-state index contributed by atoms with van der Waals surface area (Å²) in [5.41, 5.74) is 0.508. The Morgan fingerprint density at radius 3 is 2.17 bits per heavy atom. The highest BCUT2D eigenvalue weighted by atomic mass is 16.7. The van der Waals surface area contributed by atoms with E-state index in [1.54, 1.807) is 6.92 Å². The van der Waals surface area contributed by atoms with E-state index in [1.807, 2.05) is 0 Å². The van der Waals surface area contributed by atoms with Crippen molar-refractivity contribution in [3.63, 3.8) is 0 Å². The number of esters is 1. The van der Waals surface area contributed by atoms with Crippen LogP contribution in [0.3, 0.4) is 0 Å². The van der Waals surface area contributed by atoms with Gasteiger partial charge in [0.2, 0.25) is 0 Å². The van der Waals surface area contributed by atoms with Gasteiger partial charge in [0.25, 0.3) is 0 Å². The highest BCUT2D eigenvalue weighted by Gasteiger charge is 2.14. The Hall–Kier alpha value is -3.03. The van der Waals surface area contributed by atoms with Crippen LogP contribution in [0, 0.1) is 0 Å². The maximum absolute atomic E-state index is 11.3. The van der Waals surface area contributed by atoms with Crippen LogP contribution in [0.15, 0.2) is 24.3 Å². The van der Waals surface area contributed by atoms with Gasteiger partial charge in [-0.3, -0.25) is 0 Å². The lowest BCUT2D eigenvalue weighted by molar-refractivity contribution is -0.137. The number of hydrogen-bond acceptors (Lipinski definition) is 8. The first-order valence-electron chi connectivity index (χ1n) is 6.50. The number of hydrogen-bond donors (Lipinski definition) is 0. The fourth-order valence-corrected chi connectivity index (χ4v) is 1.41. The predicted molar refractivity (Wildman–Crippen MR) is 78.2 cm³/mol. The van der Waals surface area contributed by atoms with Gasteiger partial charge in [-0.15, -0.1) is 0 Å². The summed E-state index contributed by atoms with van der Waals surface area (Å²) in [4.78, 5) is 33.7. The number of carbonyl (C=O) groups excluding carboxylic acids is 3. The second-order valence-corrected chi connectivity index (χ2v) is 3.90. The molecule has 0 saturated carbocycles. The molecule has 0 bridgehead atoms. The molecule has 1 aromatic carbocycles. The van der Waals surface area contributed by atoms with Crippen molar-refractivity contribution in [2.24, 2.45) is 0 Å². The molecular weight excluding hydrogens is 308 g/mol. The average molecular weight is 324 g/mol. The van der Waals surface area contributed by atoms with Crippen molar-refractivity contribution in [1.29, 1.82) is 0 Å². The van der Waals surface area contributed by atoms with Crippen LogP contribution in [0.25, 0.3) is 6.08 Å². The van der Waals surface area contributed by atoms with E-state index in [9.17, 15) is 14.4 Å². The predicted octanol–water partition coefficient (Wildman–Crippen LogP) is 2.55. The Kier molecular flexibility index (Phi) is 7.12. The normalized spacial score (nSPS) is 10.0. The van der Waals surface area contributed by atoms with Crippen LogP contribution in [0.5, 0.6) is 11.5 Å². The molecule has 8 nitrogen and oxygen atoms in total. The third kappa shape index (κ3) is 6.08. The van der Waals surface area contributed by atoms with Gasteiger partial charge in [-0.2, -0.15) is 0 Å². The molecule has 0 atom stereocenters. The number of carbonyl (C=O) groups is 3. The standard InChI is InChI=1S/C15H16O8/c1-4-21-13(16)8-6-10-5-7-11(22-14(17)19-2)12(9-10)23-15(18)20-3/h5-9H,4H2,1-3H3. The first-order valence-corrected chi connectivity index (χ1v) is 6.50. The quantitative estimate of drug-likeness (QED) is 0.353. The van der Waals surface area contributed by atoms with Crippen LogP contribution in [0.2, 0.25) is 0 Å². The number of rotatable bonds is 5. The summed E-state index contributed by atoms with van der Waals surface area (Å²) in [7, 11) is 2.27. The minimum Gasteiger partial charge on any atom is -0.463 e. The maximum atomic E-state index is 11.3. The monoisotopic (exact) mass is 324 g/mol. The van der Waals surface area contributed by atoms with Crippen LogP contribution in [-0.2, 0) is 19.0 Å². The second kappa shape index (κ2) is 9.08. The lowest BCUT2D eigenvalue weighted by Crippen LogP contribution is -2.12. The third-order valence-electron chi connectivity index (χ3n) is 2.39. The molecule has 0 amide bonds. The summed E-state index contributed by atoms with van der Waals surface area (Å²) >= 11 is 0. The maximum Gasteiger partial charge on any atom is 0.513 e. The fourth-order valence-electron chi connectivity index (χ4n) is 1.41. The highest BCUT2D eigenvalue weighted by molar-refractivity contribution is 5.87. The molecule has 0 fully saturated rings. The lowest BCUT2D eigenvalue weighted by Gasteiger charge is -2.09. The zero-order valence-electron chi connectivity index (χ0n) is 12.9. The summed E-state index contributed by atoms with van der Waals surface area (Å²) in [6.45, 7) is 1.94. The summed E-state index contributed by atoms with van der Waals surface area (Å²) in [6.07, 6.45) is 0.687. The molecule has 0 aliphatic rings. The van der Waals surface area contributed by atoms with Gasteiger partial charge in [-0.05, 0) is 30.7 Å². The summed E-state index contributed by atoms with van der Waals surface area (Å²) < 4.78 is 23.2. The van der Waals surface area contributed by atoms with Gasteiger partial charge in [0.1, 0.15) is 0 Å². The minimum absolute atomic E-state index is 0.0458. The zero-order valence-corrected chi connectivity index (χ0v) is 12.9. The molecule has 124 valence electrons. The first kappa shape index (κ1) is 18.0. The van der Waals surface area contributed by atoms with Crippen molar-refractivity contribution in [2.45, 2.75) is 6.92 Å². The van der Waals surface area contributed by atoms with Crippen molar-refractivity contribution >= 4 is 24.4 Å². The molecule has 0 radical (unpaired) electrons. The molecule has 8 heteroatoms. The van der Waals surface area contributed by atoms with E-state index in [-0.39, 0.29) is 18.1 Å². The third-order valence-corrected chi connectivity index (χ3v) is 2.39. The van der Waals surface area contributed by atoms with Crippen LogP contribution in [0.4, 0.5) is 9.59 Å². The van der Waals surface area contributed by atoms with Crippen LogP contribution in [-0.4, -0.2) is 39.1 Å². The first-order chi connectivity index (χ1) is 11.0. The lowest BCUT2D eigenvalue weighted by atomic mass is 10.2. The van der Waals surface area contributed by atoms with E-state index in [2.05, 4.69) is 9.47 Å². The fraction of sp³-hybridized carbons (Fsp3) is 0.267. The minimum atomic E-state index is -0.994. The summed E-state index contributed by atoms with van der Waals surface area (Å²) in [6, 6.07) is 4.29. The van der Waals surface area contributed by atoms with Gasteiger partial charge >= 0.3 is 18.3 Å². The topological polar surface area (TPSA) is 97.4 Å². The Bertz CT molecular complexity index is 605. The molecule has 1 aromatic rings. The average Bonchev–Trinajstić information content (AvgIpc) is 2.54. The van der Waals surface area contributed by atoms with Gasteiger partial charge in [-0.1, -0.05) is 6.07 Å². The SMILES string of the molecule is CCOC(=O)C=Cc1ccc(OC(=O)OC)c(OC(=O)OC)c1. The van der Waals surface area contributed by atoms with E-state index in [1.165, 1.54) is 30.4 Å². The molecule has 0 heterocycles. The zero-order chi connectivity index (χ0) is 17.2. The second-order valence-electron chi connectivity index (χ2n) is 3.90. The molecule has 23 heavy (non-hydrogen) atoms. The number of ether oxygens (including phenoxy) is 5. The summed E-state index contributed by atoms with van der Waals surface area (Å²) in [5.74, 6) is -0.637. The van der Waals surface area contributed by atoms with Crippen molar-refractivity contribution in [2.75, 3.05) is 20.8 Å². The molecule has 0 saturated heterocycles. The van der Waals surface area contributed by atoms with Gasteiger partial charge in [0.15, 0.2) is 11.5 Å². The van der Waals surface area contributed by atoms with E-state index in [0.717, 1.165) is 14.2 Å². The molecule has 0 N–H and O–H groups in total. The molecule has 1 rings (SSSR count). The van der Waals surface area contributed by atoms with Crippen molar-refractivity contribution < 1.29 is 38.1 Å². The van der Waals surface area contributed by atoms with Crippen molar-refractivity contribution in [1.82, 2.24) is 0 Å². The van der Waals surface area contributed by atoms with Crippen molar-refractivity contribution in [3.8, 4) is 11.5 Å². The molecular formula is C15H16O8. The molecule has 0 aliphatic carbocycles. The van der Waals surface area contributed by atoms with Gasteiger partial charge in [-0.25, -0.2) is 14.4 Å². The molecule has 0 aromatic heterocycles. The van der Waals surface area contributed by atoms with E-state index in [0.29, 0.717) is 5.56 Å². The molecule has 0 aliphatic heterocycles. The largest absolute Gasteiger partial charge is 0.513 e. The smallest absolute Gasteiger partial charge is 0.463 e. The van der Waals surface area contributed by atoms with Crippen molar-refractivity contribution in [3.05, 3.63) is 29.8 Å². The molecule has 0 spiro atoms. The highest BCUT2D eigenvalue weighted by Crippen LogP contribution is 2.29. The number of methoxy groups -OCH3 is 2. The Labute approximate surface area is 132 Å². The van der Waals surface area contributed by atoms with Gasteiger partial charge in [0, 0.05) is 6.08 Å². The Morgan fingerprint density at radius 1 is 1.00 bits per heavy atom. The van der Waals surface area contributed by atoms with Gasteiger partial charge in [0.05, 0.1) is 20.8 Å². The van der Waals surface area contributed by atoms with E-state index < -0.39 is 18.3 Å². The van der Waals surface area contributed by atoms with Crippen LogP contribution >= 0.6 is 0 Å².